The van der Waals surface area contributed by atoms with E-state index in [2.05, 4.69) is 15.6 Å². The lowest BCUT2D eigenvalue weighted by Crippen LogP contribution is -2.24. The molecular weight excluding hydrogens is 331 g/mol. The number of aromatic nitrogens is 1. The van der Waals surface area contributed by atoms with Gasteiger partial charge >= 0.3 is 0 Å². The highest BCUT2D eigenvalue weighted by Gasteiger charge is 2.13. The summed E-state index contributed by atoms with van der Waals surface area (Å²) in [6.45, 7) is 1.83. The van der Waals surface area contributed by atoms with Crippen LogP contribution in [-0.4, -0.2) is 10.9 Å². The summed E-state index contributed by atoms with van der Waals surface area (Å²) in [7, 11) is 0. The number of nitrogens with zero attached hydrogens (tertiary/aromatic N) is 1. The lowest BCUT2D eigenvalue weighted by Gasteiger charge is -2.14. The number of fused-ring (bicyclic) bond motifs is 1. The van der Waals surface area contributed by atoms with E-state index in [1.54, 1.807) is 24.3 Å². The van der Waals surface area contributed by atoms with Gasteiger partial charge in [0.2, 0.25) is 0 Å². The SMILES string of the molecule is CC/C(Nc1ccccc1F)=C(/N)C(=O)Nc1ccc2ccccc2n1. The number of rotatable bonds is 5. The number of amides is 1. The van der Waals surface area contributed by atoms with Crippen molar-refractivity contribution in [3.8, 4) is 0 Å². The van der Waals surface area contributed by atoms with Gasteiger partial charge in [-0.15, -0.1) is 0 Å². The van der Waals surface area contributed by atoms with Crippen molar-refractivity contribution in [3.63, 3.8) is 0 Å². The number of hydrogen-bond acceptors (Lipinski definition) is 4. The zero-order valence-electron chi connectivity index (χ0n) is 14.3. The van der Waals surface area contributed by atoms with Crippen LogP contribution in [0.3, 0.4) is 0 Å². The maximum Gasteiger partial charge on any atom is 0.274 e. The highest BCUT2D eigenvalue weighted by atomic mass is 19.1. The van der Waals surface area contributed by atoms with Crippen molar-refractivity contribution in [2.24, 2.45) is 5.73 Å². The molecule has 1 aromatic heterocycles. The summed E-state index contributed by atoms with van der Waals surface area (Å²) >= 11 is 0. The van der Waals surface area contributed by atoms with Crippen LogP contribution in [-0.2, 0) is 4.79 Å². The summed E-state index contributed by atoms with van der Waals surface area (Å²) in [5, 5.41) is 6.55. The zero-order valence-corrected chi connectivity index (χ0v) is 14.3. The van der Waals surface area contributed by atoms with Crippen molar-refractivity contribution in [2.45, 2.75) is 13.3 Å². The maximum atomic E-state index is 13.8. The van der Waals surface area contributed by atoms with Gasteiger partial charge in [0.05, 0.1) is 11.2 Å². The molecule has 0 unspecified atom stereocenters. The summed E-state index contributed by atoms with van der Waals surface area (Å²) in [6.07, 6.45) is 0.443. The largest absolute Gasteiger partial charge is 0.393 e. The Morgan fingerprint density at radius 2 is 1.77 bits per heavy atom. The smallest absolute Gasteiger partial charge is 0.274 e. The number of allylic oxidation sites excluding steroid dienone is 1. The van der Waals surface area contributed by atoms with Crippen molar-refractivity contribution >= 4 is 28.3 Å². The van der Waals surface area contributed by atoms with E-state index in [0.717, 1.165) is 10.9 Å². The van der Waals surface area contributed by atoms with E-state index in [1.165, 1.54) is 6.07 Å². The molecule has 3 rings (SSSR count). The van der Waals surface area contributed by atoms with Crippen molar-refractivity contribution in [2.75, 3.05) is 10.6 Å². The van der Waals surface area contributed by atoms with Crippen molar-refractivity contribution in [1.82, 2.24) is 4.98 Å². The number of carbonyl (C=O) groups is 1. The summed E-state index contributed by atoms with van der Waals surface area (Å²) in [5.74, 6) is -0.505. The zero-order chi connectivity index (χ0) is 18.5. The highest BCUT2D eigenvalue weighted by molar-refractivity contribution is 6.03. The van der Waals surface area contributed by atoms with E-state index in [1.807, 2.05) is 37.3 Å². The maximum absolute atomic E-state index is 13.8. The number of halogens is 1. The number of anilines is 2. The fraction of sp³-hybridized carbons (Fsp3) is 0.100. The van der Waals surface area contributed by atoms with Gasteiger partial charge in [-0.1, -0.05) is 37.3 Å². The lowest BCUT2D eigenvalue weighted by atomic mass is 10.2. The molecule has 0 radical (unpaired) electrons. The Labute approximate surface area is 150 Å². The minimum atomic E-state index is -0.492. The summed E-state index contributed by atoms with van der Waals surface area (Å²) in [6, 6.07) is 17.4. The Morgan fingerprint density at radius 1 is 1.04 bits per heavy atom. The van der Waals surface area contributed by atoms with Crippen LogP contribution < -0.4 is 16.4 Å². The predicted octanol–water partition coefficient (Wildman–Crippen LogP) is 4.00. The van der Waals surface area contributed by atoms with Crippen LogP contribution in [0.15, 0.2) is 72.1 Å². The van der Waals surface area contributed by atoms with Crippen LogP contribution in [0.5, 0.6) is 0 Å². The molecule has 0 aliphatic carbocycles. The quantitative estimate of drug-likeness (QED) is 0.608. The molecule has 0 atom stereocenters. The van der Waals surface area contributed by atoms with Crippen LogP contribution in [0.4, 0.5) is 15.9 Å². The first-order chi connectivity index (χ1) is 12.6. The molecule has 4 N–H and O–H groups in total. The molecule has 2 aromatic carbocycles. The number of nitrogens with one attached hydrogen (secondary N) is 2. The normalized spacial score (nSPS) is 11.8. The Hall–Kier alpha value is -3.41. The number of hydrogen-bond donors (Lipinski definition) is 3. The van der Waals surface area contributed by atoms with Crippen molar-refractivity contribution < 1.29 is 9.18 Å². The molecular formula is C20H19FN4O. The van der Waals surface area contributed by atoms with Crippen molar-refractivity contribution in [1.29, 1.82) is 0 Å². The van der Waals surface area contributed by atoms with Crippen LogP contribution in [0.25, 0.3) is 10.9 Å². The van der Waals surface area contributed by atoms with Gasteiger partial charge in [-0.3, -0.25) is 4.79 Å². The molecule has 0 aliphatic heterocycles. The number of benzene rings is 2. The molecule has 1 amide bonds. The molecule has 132 valence electrons. The molecule has 3 aromatic rings. The number of para-hydroxylation sites is 2. The van der Waals surface area contributed by atoms with E-state index in [-0.39, 0.29) is 11.4 Å². The van der Waals surface area contributed by atoms with Gasteiger partial charge in [-0.05, 0) is 36.8 Å². The summed E-state index contributed by atoms with van der Waals surface area (Å²) in [4.78, 5) is 16.8. The van der Waals surface area contributed by atoms with E-state index >= 15 is 0 Å². The van der Waals surface area contributed by atoms with Gasteiger partial charge in [0.15, 0.2) is 0 Å². The first kappa shape index (κ1) is 17.4. The van der Waals surface area contributed by atoms with Gasteiger partial charge in [0, 0.05) is 11.1 Å². The lowest BCUT2D eigenvalue weighted by molar-refractivity contribution is -0.113. The predicted molar refractivity (Wildman–Crippen MR) is 102 cm³/mol. The van der Waals surface area contributed by atoms with Gasteiger partial charge in [-0.2, -0.15) is 0 Å². The van der Waals surface area contributed by atoms with Gasteiger partial charge in [0.1, 0.15) is 17.3 Å². The average Bonchev–Trinajstić information content (AvgIpc) is 2.66. The summed E-state index contributed by atoms with van der Waals surface area (Å²) in [5.41, 5.74) is 7.45. The standard InChI is InChI=1S/C20H19FN4O/c1-2-15(23-17-10-6-4-8-14(17)21)19(22)20(26)25-18-12-11-13-7-3-5-9-16(13)24-18/h3-12,23H,2,22H2,1H3,(H,24,25,26)/b19-15-. The Balaban J connectivity index is 1.81. The molecule has 0 saturated carbocycles. The number of pyridine rings is 1. The molecule has 0 saturated heterocycles. The third kappa shape index (κ3) is 3.80. The van der Waals surface area contributed by atoms with Gasteiger partial charge in [-0.25, -0.2) is 9.37 Å². The molecule has 0 aliphatic rings. The summed E-state index contributed by atoms with van der Waals surface area (Å²) < 4.78 is 13.8. The second kappa shape index (κ2) is 7.65. The first-order valence-electron chi connectivity index (χ1n) is 8.26. The topological polar surface area (TPSA) is 80.0 Å². The molecule has 0 bridgehead atoms. The second-order valence-corrected chi connectivity index (χ2v) is 5.69. The fourth-order valence-electron chi connectivity index (χ4n) is 2.53. The van der Waals surface area contributed by atoms with Crippen molar-refractivity contribution in [3.05, 3.63) is 77.9 Å². The van der Waals surface area contributed by atoms with Crippen LogP contribution in [0.1, 0.15) is 13.3 Å². The van der Waals surface area contributed by atoms with Crippen LogP contribution in [0.2, 0.25) is 0 Å². The molecule has 5 nitrogen and oxygen atoms in total. The highest BCUT2D eigenvalue weighted by Crippen LogP contribution is 2.18. The van der Waals surface area contributed by atoms with Gasteiger partial charge in [0.25, 0.3) is 5.91 Å². The molecule has 6 heteroatoms. The molecule has 1 heterocycles. The third-order valence-corrected chi connectivity index (χ3v) is 3.92. The van der Waals surface area contributed by atoms with Crippen LogP contribution >= 0.6 is 0 Å². The third-order valence-electron chi connectivity index (χ3n) is 3.92. The first-order valence-corrected chi connectivity index (χ1v) is 8.26. The Bertz CT molecular complexity index is 984. The number of carbonyl (C=O) groups excluding carboxylic acids is 1. The number of nitrogens with two attached hydrogens (primary N) is 1. The minimum Gasteiger partial charge on any atom is -0.393 e. The molecule has 26 heavy (non-hydrogen) atoms. The van der Waals surface area contributed by atoms with E-state index in [4.69, 9.17) is 5.73 Å². The monoisotopic (exact) mass is 350 g/mol. The van der Waals surface area contributed by atoms with E-state index < -0.39 is 11.7 Å². The molecule has 0 spiro atoms. The van der Waals surface area contributed by atoms with E-state index in [9.17, 15) is 9.18 Å². The Kier molecular flexibility index (Phi) is 5.12. The van der Waals surface area contributed by atoms with E-state index in [0.29, 0.717) is 17.9 Å². The van der Waals surface area contributed by atoms with Gasteiger partial charge < -0.3 is 16.4 Å². The second-order valence-electron chi connectivity index (χ2n) is 5.69. The van der Waals surface area contributed by atoms with Crippen LogP contribution in [0, 0.1) is 5.82 Å². The molecule has 0 fully saturated rings. The average molecular weight is 350 g/mol. The minimum absolute atomic E-state index is 0.00860. The Morgan fingerprint density at radius 3 is 2.54 bits per heavy atom. The fourth-order valence-corrected chi connectivity index (χ4v) is 2.53.